The molecule has 0 radical (unpaired) electrons. The van der Waals surface area contributed by atoms with Crippen LogP contribution in [0, 0.1) is 13.8 Å². The van der Waals surface area contributed by atoms with Crippen LogP contribution in [0.1, 0.15) is 42.5 Å². The lowest BCUT2D eigenvalue weighted by Crippen LogP contribution is -2.41. The van der Waals surface area contributed by atoms with Crippen LogP contribution in [0.4, 0.5) is 0 Å². The lowest BCUT2D eigenvalue weighted by Gasteiger charge is -2.26. The number of fused-ring (bicyclic) bond motifs is 1. The van der Waals surface area contributed by atoms with E-state index in [9.17, 15) is 4.79 Å². The molecule has 33 heavy (non-hydrogen) atoms. The van der Waals surface area contributed by atoms with Crippen molar-refractivity contribution in [3.05, 3.63) is 81.1 Å². The Labute approximate surface area is 202 Å². The van der Waals surface area contributed by atoms with E-state index in [2.05, 4.69) is 66.0 Å². The summed E-state index contributed by atoms with van der Waals surface area (Å²) in [6, 6.07) is 16.4. The van der Waals surface area contributed by atoms with E-state index in [1.165, 1.54) is 11.1 Å². The number of H-pyrrole nitrogens is 1. The molecule has 0 bridgehead atoms. The summed E-state index contributed by atoms with van der Waals surface area (Å²) in [7, 11) is 0. The van der Waals surface area contributed by atoms with Gasteiger partial charge in [-0.3, -0.25) is 4.79 Å². The Morgan fingerprint density at radius 2 is 1.70 bits per heavy atom. The minimum atomic E-state index is -0.0619. The number of hydrogen-bond acceptors (Lipinski definition) is 3. The van der Waals surface area contributed by atoms with Crippen LogP contribution in [0.3, 0.4) is 0 Å². The quantitative estimate of drug-likeness (QED) is 0.335. The molecule has 1 aromatic heterocycles. The van der Waals surface area contributed by atoms with E-state index in [1.54, 1.807) is 0 Å². The smallest absolute Gasteiger partial charge is 0.253 e. The Balaban J connectivity index is 1.78. The summed E-state index contributed by atoms with van der Waals surface area (Å²) < 4.78 is 0. The first-order chi connectivity index (χ1) is 15.9. The van der Waals surface area contributed by atoms with Gasteiger partial charge in [-0.25, -0.2) is 0 Å². The van der Waals surface area contributed by atoms with Gasteiger partial charge in [0.05, 0.1) is 6.54 Å². The number of hydrogen-bond donors (Lipinski definition) is 2. The zero-order chi connectivity index (χ0) is 23.8. The summed E-state index contributed by atoms with van der Waals surface area (Å²) in [4.78, 5) is 20.4. The average Bonchev–Trinajstić information content (AvgIpc) is 2.81. The number of pyridine rings is 1. The molecule has 0 unspecified atom stereocenters. The second-order valence-electron chi connectivity index (χ2n) is 8.60. The molecule has 176 valence electrons. The van der Waals surface area contributed by atoms with Crippen molar-refractivity contribution in [1.82, 2.24) is 20.1 Å². The highest BCUT2D eigenvalue weighted by atomic mass is 32.1. The van der Waals surface area contributed by atoms with Crippen molar-refractivity contribution in [3.8, 4) is 0 Å². The Morgan fingerprint density at radius 1 is 1.00 bits per heavy atom. The van der Waals surface area contributed by atoms with Crippen LogP contribution in [-0.2, 0) is 13.1 Å². The summed E-state index contributed by atoms with van der Waals surface area (Å²) in [5.41, 5.74) is 5.08. The number of aromatic amines is 1. The van der Waals surface area contributed by atoms with Gasteiger partial charge in [0.25, 0.3) is 5.56 Å². The van der Waals surface area contributed by atoms with Crippen LogP contribution in [0.25, 0.3) is 10.9 Å². The number of thiocarbonyl (C=S) groups is 1. The number of rotatable bonds is 10. The summed E-state index contributed by atoms with van der Waals surface area (Å²) in [6.07, 6.45) is 1.02. The Morgan fingerprint density at radius 3 is 2.39 bits per heavy atom. The van der Waals surface area contributed by atoms with Crippen LogP contribution >= 0.6 is 12.2 Å². The molecular weight excluding hydrogens is 428 g/mol. The fourth-order valence-electron chi connectivity index (χ4n) is 4.00. The first kappa shape index (κ1) is 24.9. The molecule has 0 atom stereocenters. The number of nitrogens with one attached hydrogen (secondary N) is 2. The maximum Gasteiger partial charge on any atom is 0.253 e. The molecule has 3 rings (SSSR count). The monoisotopic (exact) mass is 464 g/mol. The van der Waals surface area contributed by atoms with Gasteiger partial charge in [0.2, 0.25) is 0 Å². The molecule has 0 saturated heterocycles. The highest BCUT2D eigenvalue weighted by molar-refractivity contribution is 7.80. The van der Waals surface area contributed by atoms with Gasteiger partial charge < -0.3 is 20.1 Å². The summed E-state index contributed by atoms with van der Waals surface area (Å²) in [5.74, 6) is 0. The molecule has 2 N–H and O–H groups in total. The van der Waals surface area contributed by atoms with Crippen molar-refractivity contribution in [2.45, 2.75) is 47.2 Å². The SMILES string of the molecule is CCN(CC)CCCNC(=S)N(Cc1ccccc1)Cc1cc2cc(C)c(C)cc2[nH]c1=O. The molecule has 0 saturated carbocycles. The first-order valence-corrected chi connectivity index (χ1v) is 12.2. The van der Waals surface area contributed by atoms with E-state index in [0.29, 0.717) is 23.8 Å². The van der Waals surface area contributed by atoms with Crippen molar-refractivity contribution < 1.29 is 0 Å². The van der Waals surface area contributed by atoms with Crippen molar-refractivity contribution in [3.63, 3.8) is 0 Å². The number of nitrogens with zero attached hydrogens (tertiary/aromatic N) is 2. The summed E-state index contributed by atoms with van der Waals surface area (Å²) >= 11 is 5.78. The third-order valence-corrected chi connectivity index (χ3v) is 6.62. The van der Waals surface area contributed by atoms with Gasteiger partial charge in [-0.1, -0.05) is 44.2 Å². The molecule has 2 aromatic carbocycles. The molecule has 0 aliphatic rings. The number of benzene rings is 2. The molecule has 5 nitrogen and oxygen atoms in total. The Bertz CT molecular complexity index is 1120. The maximum atomic E-state index is 12.9. The molecule has 0 aliphatic carbocycles. The number of aryl methyl sites for hydroxylation is 2. The molecule has 3 aromatic rings. The number of aromatic nitrogens is 1. The predicted molar refractivity (Wildman–Crippen MR) is 143 cm³/mol. The second-order valence-corrected chi connectivity index (χ2v) is 8.99. The van der Waals surface area contributed by atoms with E-state index in [1.807, 2.05) is 30.3 Å². The van der Waals surface area contributed by atoms with Gasteiger partial charge in [0.1, 0.15) is 0 Å². The van der Waals surface area contributed by atoms with Gasteiger partial charge in [0, 0.05) is 24.2 Å². The van der Waals surface area contributed by atoms with Gasteiger partial charge in [-0.2, -0.15) is 0 Å². The van der Waals surface area contributed by atoms with Crippen LogP contribution in [0.2, 0.25) is 0 Å². The zero-order valence-electron chi connectivity index (χ0n) is 20.3. The molecular formula is C27H36N4OS. The largest absolute Gasteiger partial charge is 0.363 e. The van der Waals surface area contributed by atoms with Crippen molar-refractivity contribution in [1.29, 1.82) is 0 Å². The Kier molecular flexibility index (Phi) is 9.03. The highest BCUT2D eigenvalue weighted by Crippen LogP contribution is 2.18. The van der Waals surface area contributed by atoms with Gasteiger partial charge in [-0.05, 0) is 92.4 Å². The van der Waals surface area contributed by atoms with Crippen LogP contribution in [-0.4, -0.2) is 46.1 Å². The molecule has 1 heterocycles. The fraction of sp³-hybridized carbons (Fsp3) is 0.407. The minimum absolute atomic E-state index is 0.0619. The van der Waals surface area contributed by atoms with Crippen LogP contribution in [0.5, 0.6) is 0 Å². The van der Waals surface area contributed by atoms with Crippen LogP contribution < -0.4 is 10.9 Å². The third kappa shape index (κ3) is 6.89. The van der Waals surface area contributed by atoms with Gasteiger partial charge in [-0.15, -0.1) is 0 Å². The third-order valence-electron chi connectivity index (χ3n) is 6.22. The van der Waals surface area contributed by atoms with E-state index < -0.39 is 0 Å². The zero-order valence-corrected chi connectivity index (χ0v) is 21.1. The Hall–Kier alpha value is -2.70. The van der Waals surface area contributed by atoms with Gasteiger partial charge in [0.15, 0.2) is 5.11 Å². The molecule has 0 fully saturated rings. The topological polar surface area (TPSA) is 51.4 Å². The minimum Gasteiger partial charge on any atom is -0.363 e. The van der Waals surface area contributed by atoms with E-state index >= 15 is 0 Å². The molecule has 0 spiro atoms. The van der Waals surface area contributed by atoms with Crippen molar-refractivity contribution >= 4 is 28.2 Å². The van der Waals surface area contributed by atoms with E-state index in [4.69, 9.17) is 12.2 Å². The predicted octanol–water partition coefficient (Wildman–Crippen LogP) is 4.75. The summed E-state index contributed by atoms with van der Waals surface area (Å²) in [6.45, 7) is 13.6. The first-order valence-electron chi connectivity index (χ1n) is 11.8. The van der Waals surface area contributed by atoms with E-state index in [0.717, 1.165) is 49.1 Å². The fourth-order valence-corrected chi connectivity index (χ4v) is 4.23. The average molecular weight is 465 g/mol. The molecule has 0 amide bonds. The molecule has 6 heteroatoms. The standard InChI is InChI=1S/C27H36N4OS/c1-5-30(6-2)14-10-13-28-27(33)31(18-22-11-8-7-9-12-22)19-24-17-23-15-20(3)21(4)16-25(23)29-26(24)32/h7-9,11-12,15-17H,5-6,10,13-14,18-19H2,1-4H3,(H,28,33)(H,29,32). The van der Waals surface area contributed by atoms with Crippen molar-refractivity contribution in [2.24, 2.45) is 0 Å². The lowest BCUT2D eigenvalue weighted by molar-refractivity contribution is 0.299. The van der Waals surface area contributed by atoms with E-state index in [-0.39, 0.29) is 5.56 Å². The van der Waals surface area contributed by atoms with Gasteiger partial charge >= 0.3 is 0 Å². The second kappa shape index (κ2) is 12.0. The highest BCUT2D eigenvalue weighted by Gasteiger charge is 2.14. The normalized spacial score (nSPS) is 11.2. The lowest BCUT2D eigenvalue weighted by atomic mass is 10.0. The van der Waals surface area contributed by atoms with Crippen molar-refractivity contribution in [2.75, 3.05) is 26.2 Å². The summed E-state index contributed by atoms with van der Waals surface area (Å²) in [5, 5.41) is 5.14. The van der Waals surface area contributed by atoms with Crippen LogP contribution in [0.15, 0.2) is 53.3 Å². The maximum absolute atomic E-state index is 12.9. The molecule has 0 aliphatic heterocycles.